The van der Waals surface area contributed by atoms with Crippen molar-refractivity contribution in [2.75, 3.05) is 12.8 Å². The second kappa shape index (κ2) is 5.97. The van der Waals surface area contributed by atoms with Crippen molar-refractivity contribution in [3.8, 4) is 11.5 Å². The normalized spacial score (nSPS) is 10.1. The Balaban J connectivity index is 2.08. The van der Waals surface area contributed by atoms with Crippen molar-refractivity contribution in [1.29, 1.82) is 0 Å². The van der Waals surface area contributed by atoms with Crippen LogP contribution in [0.5, 0.6) is 11.5 Å². The zero-order chi connectivity index (χ0) is 14.5. The maximum absolute atomic E-state index is 11.0. The van der Waals surface area contributed by atoms with Gasteiger partial charge in [-0.05, 0) is 42.5 Å². The van der Waals surface area contributed by atoms with E-state index in [0.717, 1.165) is 5.56 Å². The molecule has 0 saturated heterocycles. The van der Waals surface area contributed by atoms with E-state index in [0.29, 0.717) is 29.4 Å². The molecule has 0 aliphatic carbocycles. The monoisotopic (exact) mass is 272 g/mol. The van der Waals surface area contributed by atoms with Crippen LogP contribution in [0.15, 0.2) is 42.5 Å². The Labute approximate surface area is 117 Å². The van der Waals surface area contributed by atoms with E-state index < -0.39 is 5.91 Å². The fraction of sp³-hybridized carbons (Fsp3) is 0.133. The Bertz CT molecular complexity index is 609. The van der Waals surface area contributed by atoms with Crippen LogP contribution in [0.1, 0.15) is 15.9 Å². The molecule has 0 aromatic heterocycles. The molecule has 2 aromatic rings. The molecule has 5 nitrogen and oxygen atoms in total. The lowest BCUT2D eigenvalue weighted by molar-refractivity contribution is 0.100. The van der Waals surface area contributed by atoms with Crippen LogP contribution in [0.2, 0.25) is 0 Å². The Morgan fingerprint density at radius 2 is 1.85 bits per heavy atom. The lowest BCUT2D eigenvalue weighted by atomic mass is 10.2. The summed E-state index contributed by atoms with van der Waals surface area (Å²) in [5, 5.41) is 0. The molecule has 0 fully saturated rings. The van der Waals surface area contributed by atoms with Crippen LogP contribution in [-0.4, -0.2) is 13.0 Å². The Morgan fingerprint density at radius 3 is 2.45 bits per heavy atom. The minimum atomic E-state index is -0.464. The highest BCUT2D eigenvalue weighted by molar-refractivity contribution is 5.92. The SMILES string of the molecule is COc1ccc(N)cc1COc1ccc(C(N)=O)cc1. The summed E-state index contributed by atoms with van der Waals surface area (Å²) < 4.78 is 10.9. The maximum Gasteiger partial charge on any atom is 0.248 e. The number of rotatable bonds is 5. The first-order valence-corrected chi connectivity index (χ1v) is 6.05. The van der Waals surface area contributed by atoms with Gasteiger partial charge in [-0.2, -0.15) is 0 Å². The molecule has 0 spiro atoms. The summed E-state index contributed by atoms with van der Waals surface area (Å²) in [6.07, 6.45) is 0. The van der Waals surface area contributed by atoms with Gasteiger partial charge in [0, 0.05) is 16.8 Å². The van der Waals surface area contributed by atoms with Gasteiger partial charge in [-0.1, -0.05) is 0 Å². The van der Waals surface area contributed by atoms with Crippen LogP contribution in [0, 0.1) is 0 Å². The van der Waals surface area contributed by atoms with Crippen molar-refractivity contribution in [2.45, 2.75) is 6.61 Å². The van der Waals surface area contributed by atoms with Gasteiger partial charge >= 0.3 is 0 Å². The topological polar surface area (TPSA) is 87.6 Å². The van der Waals surface area contributed by atoms with Crippen LogP contribution in [0.25, 0.3) is 0 Å². The number of benzene rings is 2. The van der Waals surface area contributed by atoms with E-state index >= 15 is 0 Å². The molecule has 5 heteroatoms. The maximum atomic E-state index is 11.0. The molecule has 20 heavy (non-hydrogen) atoms. The molecule has 2 aromatic carbocycles. The van der Waals surface area contributed by atoms with E-state index in [2.05, 4.69) is 0 Å². The van der Waals surface area contributed by atoms with Gasteiger partial charge in [0.25, 0.3) is 0 Å². The van der Waals surface area contributed by atoms with E-state index in [1.54, 1.807) is 49.6 Å². The highest BCUT2D eigenvalue weighted by Gasteiger charge is 2.05. The van der Waals surface area contributed by atoms with Gasteiger partial charge in [0.1, 0.15) is 18.1 Å². The minimum absolute atomic E-state index is 0.324. The van der Waals surface area contributed by atoms with E-state index in [4.69, 9.17) is 20.9 Å². The second-order valence-corrected chi connectivity index (χ2v) is 4.25. The molecule has 0 saturated carbocycles. The fourth-order valence-electron chi connectivity index (χ4n) is 1.79. The van der Waals surface area contributed by atoms with Crippen LogP contribution in [-0.2, 0) is 6.61 Å². The molecule has 0 atom stereocenters. The molecule has 0 heterocycles. The number of hydrogen-bond donors (Lipinski definition) is 2. The predicted molar refractivity (Wildman–Crippen MR) is 76.7 cm³/mol. The third-order valence-corrected chi connectivity index (χ3v) is 2.84. The van der Waals surface area contributed by atoms with Gasteiger partial charge in [-0.15, -0.1) is 0 Å². The van der Waals surface area contributed by atoms with Crippen molar-refractivity contribution in [2.24, 2.45) is 5.73 Å². The Kier molecular flexibility index (Phi) is 4.10. The Hall–Kier alpha value is -2.69. The summed E-state index contributed by atoms with van der Waals surface area (Å²) in [6.45, 7) is 0.324. The van der Waals surface area contributed by atoms with Crippen LogP contribution >= 0.6 is 0 Å². The number of carbonyl (C=O) groups is 1. The van der Waals surface area contributed by atoms with Crippen LogP contribution in [0.4, 0.5) is 5.69 Å². The van der Waals surface area contributed by atoms with Gasteiger partial charge in [0.15, 0.2) is 0 Å². The van der Waals surface area contributed by atoms with Crippen molar-refractivity contribution in [3.05, 3.63) is 53.6 Å². The lowest BCUT2D eigenvalue weighted by Crippen LogP contribution is -2.10. The molecule has 1 amide bonds. The number of ether oxygens (including phenoxy) is 2. The van der Waals surface area contributed by atoms with E-state index in [1.807, 2.05) is 0 Å². The van der Waals surface area contributed by atoms with Gasteiger partial charge in [-0.25, -0.2) is 0 Å². The molecule has 0 aliphatic heterocycles. The molecule has 0 aliphatic rings. The first-order chi connectivity index (χ1) is 9.60. The smallest absolute Gasteiger partial charge is 0.248 e. The van der Waals surface area contributed by atoms with Crippen molar-refractivity contribution in [3.63, 3.8) is 0 Å². The number of nitrogen functional groups attached to an aromatic ring is 1. The van der Waals surface area contributed by atoms with Gasteiger partial charge in [-0.3, -0.25) is 4.79 Å². The summed E-state index contributed by atoms with van der Waals surface area (Å²) in [4.78, 5) is 11.0. The third kappa shape index (κ3) is 3.20. The van der Waals surface area contributed by atoms with Crippen molar-refractivity contribution in [1.82, 2.24) is 0 Å². The highest BCUT2D eigenvalue weighted by Crippen LogP contribution is 2.23. The summed E-state index contributed by atoms with van der Waals surface area (Å²) in [5.74, 6) is 0.890. The fourth-order valence-corrected chi connectivity index (χ4v) is 1.79. The number of carbonyl (C=O) groups excluding carboxylic acids is 1. The average Bonchev–Trinajstić information content (AvgIpc) is 2.45. The van der Waals surface area contributed by atoms with Gasteiger partial charge in [0.05, 0.1) is 7.11 Å². The van der Waals surface area contributed by atoms with E-state index in [9.17, 15) is 4.79 Å². The molecule has 0 bridgehead atoms. The largest absolute Gasteiger partial charge is 0.496 e. The van der Waals surface area contributed by atoms with Crippen LogP contribution < -0.4 is 20.9 Å². The predicted octanol–water partition coefficient (Wildman–Crippen LogP) is 1.96. The number of anilines is 1. The zero-order valence-electron chi connectivity index (χ0n) is 11.1. The number of hydrogen-bond acceptors (Lipinski definition) is 4. The highest BCUT2D eigenvalue weighted by atomic mass is 16.5. The summed E-state index contributed by atoms with van der Waals surface area (Å²) >= 11 is 0. The number of methoxy groups -OCH3 is 1. The Morgan fingerprint density at radius 1 is 1.15 bits per heavy atom. The molecule has 104 valence electrons. The van der Waals surface area contributed by atoms with Crippen LogP contribution in [0.3, 0.4) is 0 Å². The van der Waals surface area contributed by atoms with Crippen molar-refractivity contribution < 1.29 is 14.3 Å². The molecule has 0 unspecified atom stereocenters. The average molecular weight is 272 g/mol. The van der Waals surface area contributed by atoms with E-state index in [-0.39, 0.29) is 0 Å². The molecule has 0 radical (unpaired) electrons. The standard InChI is InChI=1S/C15H16N2O3/c1-19-14-7-4-12(16)8-11(14)9-20-13-5-2-10(3-6-13)15(17)18/h2-8H,9,16H2,1H3,(H2,17,18). The number of nitrogens with two attached hydrogens (primary N) is 2. The number of amides is 1. The quantitative estimate of drug-likeness (QED) is 0.814. The first-order valence-electron chi connectivity index (χ1n) is 6.05. The molecular weight excluding hydrogens is 256 g/mol. The van der Waals surface area contributed by atoms with E-state index in [1.165, 1.54) is 0 Å². The molecular formula is C15H16N2O3. The lowest BCUT2D eigenvalue weighted by Gasteiger charge is -2.11. The number of primary amides is 1. The summed E-state index contributed by atoms with van der Waals surface area (Å²) in [6, 6.07) is 12.0. The third-order valence-electron chi connectivity index (χ3n) is 2.84. The molecule has 2 rings (SSSR count). The molecule has 4 N–H and O–H groups in total. The minimum Gasteiger partial charge on any atom is -0.496 e. The zero-order valence-corrected chi connectivity index (χ0v) is 11.1. The van der Waals surface area contributed by atoms with Crippen molar-refractivity contribution >= 4 is 11.6 Å². The summed E-state index contributed by atoms with van der Waals surface area (Å²) in [5.41, 5.74) is 12.9. The van der Waals surface area contributed by atoms with Gasteiger partial charge < -0.3 is 20.9 Å². The first kappa shape index (κ1) is 13.7. The second-order valence-electron chi connectivity index (χ2n) is 4.25. The van der Waals surface area contributed by atoms with Gasteiger partial charge in [0.2, 0.25) is 5.91 Å². The summed E-state index contributed by atoms with van der Waals surface area (Å²) in [7, 11) is 1.59.